The third-order valence-corrected chi connectivity index (χ3v) is 4.98. The summed E-state index contributed by atoms with van der Waals surface area (Å²) in [6.45, 7) is 2.45. The van der Waals surface area contributed by atoms with Crippen LogP contribution in [0.15, 0.2) is 23.1 Å². The Balaban J connectivity index is 2.51. The molecule has 0 radical (unpaired) electrons. The number of imide groups is 1. The molecule has 0 aliphatic carbocycles. The molecular weight excluding hydrogens is 287 g/mol. The number of hydrogen-bond acceptors (Lipinski definition) is 4. The summed E-state index contributed by atoms with van der Waals surface area (Å²) in [6, 6.07) is 2.58. The first kappa shape index (κ1) is 14.6. The van der Waals surface area contributed by atoms with E-state index < -0.39 is 45.1 Å². The van der Waals surface area contributed by atoms with E-state index in [2.05, 4.69) is 0 Å². The van der Waals surface area contributed by atoms with Crippen molar-refractivity contribution in [3.8, 4) is 0 Å². The predicted molar refractivity (Wildman–Crippen MR) is 67.6 cm³/mol. The molecule has 1 unspecified atom stereocenters. The normalized spacial score (nSPS) is 20.9. The molecule has 1 aliphatic heterocycles. The number of rotatable bonds is 2. The van der Waals surface area contributed by atoms with Gasteiger partial charge in [0.25, 0.3) is 0 Å². The van der Waals surface area contributed by atoms with Crippen molar-refractivity contribution in [2.75, 3.05) is 6.54 Å². The average molecular weight is 300 g/mol. The van der Waals surface area contributed by atoms with E-state index in [9.17, 15) is 22.4 Å². The van der Waals surface area contributed by atoms with Crippen molar-refractivity contribution in [2.24, 2.45) is 0 Å². The highest BCUT2D eigenvalue weighted by atomic mass is 32.2. The van der Waals surface area contributed by atoms with Crippen molar-refractivity contribution in [3.63, 3.8) is 0 Å². The zero-order chi connectivity index (χ0) is 15.1. The predicted octanol–water partition coefficient (Wildman–Crippen LogP) is 0.170. The standard InChI is InChI=1S/C12H13FN2O4S/c1-7-3-4-9(13)10(5-7)20(18,19)15-6-11(16)14-12(17)8(15)2/h3-5,8H,6H2,1-2H3,(H,14,16,17). The lowest BCUT2D eigenvalue weighted by Gasteiger charge is -2.30. The van der Waals surface area contributed by atoms with Gasteiger partial charge in [-0.25, -0.2) is 12.8 Å². The Kier molecular flexibility index (Phi) is 3.61. The molecule has 2 amide bonds. The van der Waals surface area contributed by atoms with Gasteiger partial charge in [0.2, 0.25) is 21.8 Å². The lowest BCUT2D eigenvalue weighted by atomic mass is 10.2. The van der Waals surface area contributed by atoms with E-state index in [-0.39, 0.29) is 0 Å². The molecule has 8 heteroatoms. The lowest BCUT2D eigenvalue weighted by Crippen LogP contribution is -2.58. The number of carbonyl (C=O) groups excluding carboxylic acids is 2. The fraction of sp³-hybridized carbons (Fsp3) is 0.333. The zero-order valence-corrected chi connectivity index (χ0v) is 11.7. The molecule has 0 saturated carbocycles. The Hall–Kier alpha value is -1.80. The van der Waals surface area contributed by atoms with Crippen LogP contribution in [0.3, 0.4) is 0 Å². The van der Waals surface area contributed by atoms with Gasteiger partial charge in [-0.3, -0.25) is 14.9 Å². The second-order valence-corrected chi connectivity index (χ2v) is 6.43. The van der Waals surface area contributed by atoms with Crippen molar-refractivity contribution in [1.82, 2.24) is 9.62 Å². The molecule has 1 saturated heterocycles. The third-order valence-electron chi connectivity index (χ3n) is 3.05. The fourth-order valence-electron chi connectivity index (χ4n) is 1.92. The number of piperazine rings is 1. The van der Waals surface area contributed by atoms with Crippen LogP contribution in [0.1, 0.15) is 12.5 Å². The van der Waals surface area contributed by atoms with Gasteiger partial charge in [0, 0.05) is 0 Å². The van der Waals surface area contributed by atoms with Gasteiger partial charge < -0.3 is 0 Å². The molecule has 1 fully saturated rings. The second kappa shape index (κ2) is 4.95. The number of amides is 2. The maximum absolute atomic E-state index is 13.8. The van der Waals surface area contributed by atoms with Gasteiger partial charge in [-0.15, -0.1) is 0 Å². The van der Waals surface area contributed by atoms with Crippen LogP contribution in [-0.4, -0.2) is 37.1 Å². The lowest BCUT2D eigenvalue weighted by molar-refractivity contribution is -0.136. The van der Waals surface area contributed by atoms with Crippen LogP contribution in [0.5, 0.6) is 0 Å². The van der Waals surface area contributed by atoms with E-state index in [1.807, 2.05) is 5.32 Å². The fourth-order valence-corrected chi connectivity index (χ4v) is 3.62. The van der Waals surface area contributed by atoms with Gasteiger partial charge in [-0.1, -0.05) is 6.07 Å². The van der Waals surface area contributed by atoms with Crippen LogP contribution in [-0.2, 0) is 19.6 Å². The first-order valence-electron chi connectivity index (χ1n) is 5.85. The van der Waals surface area contributed by atoms with E-state index in [4.69, 9.17) is 0 Å². The maximum atomic E-state index is 13.8. The molecule has 1 N–H and O–H groups in total. The Morgan fingerprint density at radius 1 is 1.35 bits per heavy atom. The monoisotopic (exact) mass is 300 g/mol. The SMILES string of the molecule is Cc1ccc(F)c(S(=O)(=O)N2CC(=O)NC(=O)C2C)c1. The molecule has 1 aromatic rings. The largest absolute Gasteiger partial charge is 0.294 e. The molecule has 108 valence electrons. The van der Waals surface area contributed by atoms with Crippen molar-refractivity contribution in [3.05, 3.63) is 29.6 Å². The van der Waals surface area contributed by atoms with Crippen molar-refractivity contribution in [1.29, 1.82) is 0 Å². The van der Waals surface area contributed by atoms with Gasteiger partial charge in [0.05, 0.1) is 6.54 Å². The second-order valence-electron chi connectivity index (χ2n) is 4.57. The van der Waals surface area contributed by atoms with E-state index in [0.717, 1.165) is 6.07 Å². The Bertz CT molecular complexity index is 687. The van der Waals surface area contributed by atoms with E-state index in [1.54, 1.807) is 6.92 Å². The smallest absolute Gasteiger partial charge is 0.247 e. The maximum Gasteiger partial charge on any atom is 0.247 e. The number of sulfonamides is 1. The minimum Gasteiger partial charge on any atom is -0.294 e. The average Bonchev–Trinajstić information content (AvgIpc) is 2.36. The number of nitrogens with zero attached hydrogens (tertiary/aromatic N) is 1. The summed E-state index contributed by atoms with van der Waals surface area (Å²) in [6.07, 6.45) is 0. The summed E-state index contributed by atoms with van der Waals surface area (Å²) in [5, 5.41) is 2.03. The molecule has 1 aliphatic rings. The minimum absolute atomic E-state index is 0.511. The highest BCUT2D eigenvalue weighted by Gasteiger charge is 2.39. The van der Waals surface area contributed by atoms with Gasteiger partial charge in [0.1, 0.15) is 16.8 Å². The van der Waals surface area contributed by atoms with Crippen LogP contribution in [0, 0.1) is 12.7 Å². The molecule has 0 bridgehead atoms. The molecule has 6 nitrogen and oxygen atoms in total. The summed E-state index contributed by atoms with van der Waals surface area (Å²) >= 11 is 0. The summed E-state index contributed by atoms with van der Waals surface area (Å²) < 4.78 is 39.3. The molecule has 20 heavy (non-hydrogen) atoms. The molecule has 2 rings (SSSR count). The first-order valence-corrected chi connectivity index (χ1v) is 7.29. The highest BCUT2D eigenvalue weighted by molar-refractivity contribution is 7.89. The molecule has 1 heterocycles. The molecule has 0 spiro atoms. The number of benzene rings is 1. The van der Waals surface area contributed by atoms with E-state index in [0.29, 0.717) is 9.87 Å². The summed E-state index contributed by atoms with van der Waals surface area (Å²) in [5.41, 5.74) is 0.561. The van der Waals surface area contributed by atoms with Gasteiger partial charge >= 0.3 is 0 Å². The van der Waals surface area contributed by atoms with Crippen LogP contribution in [0.4, 0.5) is 4.39 Å². The summed E-state index contributed by atoms with van der Waals surface area (Å²) in [5.74, 6) is -2.37. The van der Waals surface area contributed by atoms with Crippen molar-refractivity contribution in [2.45, 2.75) is 24.8 Å². The Labute approximate surface area is 115 Å². The van der Waals surface area contributed by atoms with Gasteiger partial charge in [-0.05, 0) is 31.5 Å². The molecule has 1 atom stereocenters. The van der Waals surface area contributed by atoms with Crippen molar-refractivity contribution >= 4 is 21.8 Å². The van der Waals surface area contributed by atoms with Crippen LogP contribution in [0.25, 0.3) is 0 Å². The number of halogens is 1. The third kappa shape index (κ3) is 2.44. The van der Waals surface area contributed by atoms with E-state index >= 15 is 0 Å². The highest BCUT2D eigenvalue weighted by Crippen LogP contribution is 2.23. The topological polar surface area (TPSA) is 83.6 Å². The Morgan fingerprint density at radius 2 is 2.00 bits per heavy atom. The van der Waals surface area contributed by atoms with Crippen LogP contribution in [0.2, 0.25) is 0 Å². The van der Waals surface area contributed by atoms with Gasteiger partial charge in [0.15, 0.2) is 0 Å². The summed E-state index contributed by atoms with van der Waals surface area (Å²) in [4.78, 5) is 22.3. The number of hydrogen-bond donors (Lipinski definition) is 1. The number of aryl methyl sites for hydroxylation is 1. The minimum atomic E-state index is -4.25. The van der Waals surface area contributed by atoms with E-state index in [1.165, 1.54) is 19.1 Å². The first-order chi connectivity index (χ1) is 9.23. The van der Waals surface area contributed by atoms with Crippen LogP contribution >= 0.6 is 0 Å². The Morgan fingerprint density at radius 3 is 2.65 bits per heavy atom. The molecule has 0 aromatic heterocycles. The molecule has 1 aromatic carbocycles. The van der Waals surface area contributed by atoms with Gasteiger partial charge in [-0.2, -0.15) is 4.31 Å². The number of nitrogens with one attached hydrogen (secondary N) is 1. The summed E-state index contributed by atoms with van der Waals surface area (Å²) in [7, 11) is -4.25. The van der Waals surface area contributed by atoms with Crippen molar-refractivity contribution < 1.29 is 22.4 Å². The number of carbonyl (C=O) groups is 2. The van der Waals surface area contributed by atoms with Crippen LogP contribution < -0.4 is 5.32 Å². The zero-order valence-electron chi connectivity index (χ0n) is 10.9. The molecular formula is C12H13FN2O4S. The quantitative estimate of drug-likeness (QED) is 0.789.